The molecule has 0 radical (unpaired) electrons. The Bertz CT molecular complexity index is 445. The zero-order chi connectivity index (χ0) is 12.3. The number of carbonyl (C=O) groups is 1. The van der Waals surface area contributed by atoms with Crippen molar-refractivity contribution in [3.8, 4) is 0 Å². The van der Waals surface area contributed by atoms with Gasteiger partial charge in [0.25, 0.3) is 0 Å². The van der Waals surface area contributed by atoms with Crippen molar-refractivity contribution in [3.63, 3.8) is 0 Å². The predicted octanol–water partition coefficient (Wildman–Crippen LogP) is -1.26. The van der Waals surface area contributed by atoms with Gasteiger partial charge in [-0.3, -0.25) is 9.36 Å². The molecule has 0 saturated carbocycles. The lowest BCUT2D eigenvalue weighted by Gasteiger charge is -2.08. The lowest BCUT2D eigenvalue weighted by Crippen LogP contribution is -2.32. The summed E-state index contributed by atoms with van der Waals surface area (Å²) in [6.45, 7) is 1.33. The van der Waals surface area contributed by atoms with Gasteiger partial charge >= 0.3 is 7.60 Å². The second-order valence-corrected chi connectivity index (χ2v) is 4.84. The van der Waals surface area contributed by atoms with Gasteiger partial charge in [0.05, 0.1) is 6.04 Å². The Hall–Kier alpha value is -1.14. The molecule has 1 aromatic heterocycles. The van der Waals surface area contributed by atoms with Gasteiger partial charge < -0.3 is 15.5 Å². The monoisotopic (exact) mass is 245 g/mol. The first-order valence-electron chi connectivity index (χ1n) is 4.45. The number of aromatic nitrogens is 2. The van der Waals surface area contributed by atoms with Crippen LogP contribution in [0.2, 0.25) is 0 Å². The maximum Gasteiger partial charge on any atom is 0.374 e. The van der Waals surface area contributed by atoms with Crippen LogP contribution in [-0.4, -0.2) is 31.6 Å². The van der Waals surface area contributed by atoms with Gasteiger partial charge in [-0.1, -0.05) is 0 Å². The van der Waals surface area contributed by atoms with Gasteiger partial charge in [-0.25, -0.2) is 9.97 Å². The summed E-state index contributed by atoms with van der Waals surface area (Å²) in [5.41, 5.74) is 5.12. The van der Waals surface area contributed by atoms with Crippen LogP contribution in [0.5, 0.6) is 0 Å². The van der Waals surface area contributed by atoms with Gasteiger partial charge in [0, 0.05) is 12.6 Å². The highest BCUT2D eigenvalue weighted by molar-refractivity contribution is 7.60. The minimum atomic E-state index is -4.39. The van der Waals surface area contributed by atoms with Crippen LogP contribution in [0.4, 0.5) is 0 Å². The maximum absolute atomic E-state index is 10.9. The zero-order valence-electron chi connectivity index (χ0n) is 8.57. The predicted molar refractivity (Wildman–Crippen MR) is 56.1 cm³/mol. The topological polar surface area (TPSA) is 126 Å². The summed E-state index contributed by atoms with van der Waals surface area (Å²) in [5, 5.41) is 0. The van der Waals surface area contributed by atoms with E-state index in [-0.39, 0.29) is 23.5 Å². The maximum atomic E-state index is 10.9. The third-order valence-corrected chi connectivity index (χ3v) is 2.76. The first-order chi connectivity index (χ1) is 7.30. The van der Waals surface area contributed by atoms with Crippen molar-refractivity contribution in [1.29, 1.82) is 0 Å². The highest BCUT2D eigenvalue weighted by Gasteiger charge is 2.20. The fraction of sp³-hybridized carbons (Fsp3) is 0.375. The average molecular weight is 245 g/mol. The van der Waals surface area contributed by atoms with Crippen LogP contribution in [0.15, 0.2) is 12.3 Å². The summed E-state index contributed by atoms with van der Waals surface area (Å²) in [6, 6.07) is 0.371. The van der Waals surface area contributed by atoms with Crippen molar-refractivity contribution < 1.29 is 19.1 Å². The molecular formula is C8H12N3O4P. The molecule has 0 spiro atoms. The fourth-order valence-electron chi connectivity index (χ4n) is 0.989. The molecule has 1 rings (SSSR count). The first kappa shape index (κ1) is 12.9. The van der Waals surface area contributed by atoms with E-state index in [4.69, 9.17) is 15.5 Å². The minimum absolute atomic E-state index is 0.0587. The van der Waals surface area contributed by atoms with Crippen molar-refractivity contribution in [1.82, 2.24) is 9.97 Å². The number of ketones is 1. The quantitative estimate of drug-likeness (QED) is 0.565. The molecule has 1 atom stereocenters. The molecule has 0 fully saturated rings. The van der Waals surface area contributed by atoms with Gasteiger partial charge in [-0.2, -0.15) is 0 Å². The molecule has 0 bridgehead atoms. The van der Waals surface area contributed by atoms with Gasteiger partial charge in [0.15, 0.2) is 5.44 Å². The Balaban J connectivity index is 2.92. The Morgan fingerprint density at radius 3 is 2.75 bits per heavy atom. The Labute approximate surface area is 91.9 Å². The summed E-state index contributed by atoms with van der Waals surface area (Å²) >= 11 is 0. The van der Waals surface area contributed by atoms with E-state index in [1.807, 2.05) is 0 Å². The Kier molecular flexibility index (Phi) is 3.88. The van der Waals surface area contributed by atoms with Gasteiger partial charge in [-0.05, 0) is 13.0 Å². The molecule has 0 aromatic carbocycles. The van der Waals surface area contributed by atoms with E-state index < -0.39 is 13.6 Å². The van der Waals surface area contributed by atoms with Crippen LogP contribution in [0.1, 0.15) is 12.7 Å². The number of hydrogen-bond donors (Lipinski definition) is 3. The summed E-state index contributed by atoms with van der Waals surface area (Å²) < 4.78 is 10.9. The van der Waals surface area contributed by atoms with E-state index in [0.717, 1.165) is 6.07 Å². The van der Waals surface area contributed by atoms with Crippen LogP contribution in [0.3, 0.4) is 0 Å². The van der Waals surface area contributed by atoms with Gasteiger partial charge in [0.2, 0.25) is 0 Å². The normalized spacial score (nSPS) is 13.5. The number of carbonyl (C=O) groups excluding carboxylic acids is 1. The summed E-state index contributed by atoms with van der Waals surface area (Å²) in [4.78, 5) is 36.1. The first-order valence-corrected chi connectivity index (χ1v) is 6.06. The van der Waals surface area contributed by atoms with Crippen molar-refractivity contribution >= 4 is 18.8 Å². The molecular weight excluding hydrogens is 233 g/mol. The lowest BCUT2D eigenvalue weighted by atomic mass is 10.1. The summed E-state index contributed by atoms with van der Waals surface area (Å²) in [6.07, 6.45) is 1.28. The second-order valence-electron chi connectivity index (χ2n) is 3.30. The van der Waals surface area contributed by atoms with E-state index in [1.54, 1.807) is 0 Å². The molecule has 16 heavy (non-hydrogen) atoms. The molecule has 8 heteroatoms. The Morgan fingerprint density at radius 2 is 2.25 bits per heavy atom. The molecule has 0 aliphatic carbocycles. The molecule has 4 N–H and O–H groups in total. The minimum Gasteiger partial charge on any atom is -0.321 e. The molecule has 88 valence electrons. The summed E-state index contributed by atoms with van der Waals surface area (Å²) in [5.74, 6) is -0.0892. The van der Waals surface area contributed by atoms with E-state index in [2.05, 4.69) is 9.97 Å². The molecule has 0 saturated heterocycles. The van der Waals surface area contributed by atoms with Crippen molar-refractivity contribution in [2.45, 2.75) is 19.4 Å². The molecule has 0 amide bonds. The fourth-order valence-corrected chi connectivity index (χ4v) is 1.50. The van der Waals surface area contributed by atoms with Crippen LogP contribution in [0.25, 0.3) is 0 Å². The van der Waals surface area contributed by atoms with Gasteiger partial charge in [0.1, 0.15) is 11.6 Å². The molecule has 0 aliphatic rings. The van der Waals surface area contributed by atoms with E-state index in [1.165, 1.54) is 13.1 Å². The van der Waals surface area contributed by atoms with Crippen LogP contribution >= 0.6 is 7.60 Å². The number of hydrogen-bond acceptors (Lipinski definition) is 5. The van der Waals surface area contributed by atoms with Crippen LogP contribution < -0.4 is 11.2 Å². The summed E-state index contributed by atoms with van der Waals surface area (Å²) in [7, 11) is -4.39. The Morgan fingerprint density at radius 1 is 1.62 bits per heavy atom. The third-order valence-electron chi connectivity index (χ3n) is 1.91. The van der Waals surface area contributed by atoms with Gasteiger partial charge in [-0.15, -0.1) is 0 Å². The largest absolute Gasteiger partial charge is 0.374 e. The molecule has 1 aromatic rings. The highest BCUT2D eigenvalue weighted by atomic mass is 31.2. The number of Topliss-reactive ketones (excluding diaryl/α,β-unsaturated/α-hetero) is 1. The average Bonchev–Trinajstić information content (AvgIpc) is 2.16. The molecule has 0 unspecified atom stereocenters. The van der Waals surface area contributed by atoms with Crippen molar-refractivity contribution in [3.05, 3.63) is 18.1 Å². The second kappa shape index (κ2) is 4.80. The number of nitrogens with two attached hydrogens (primary N) is 1. The number of rotatable bonds is 4. The molecule has 7 nitrogen and oxygen atoms in total. The van der Waals surface area contributed by atoms with E-state index in [9.17, 15) is 9.36 Å². The van der Waals surface area contributed by atoms with Crippen LogP contribution in [0, 0.1) is 0 Å². The smallest absolute Gasteiger partial charge is 0.321 e. The SMILES string of the molecule is CC(=O)[C@@H](N)Cc1nccc(P(=O)(O)O)n1. The third kappa shape index (κ3) is 3.46. The van der Waals surface area contributed by atoms with E-state index in [0.29, 0.717) is 0 Å². The molecule has 0 aliphatic heterocycles. The number of nitrogens with zero attached hydrogens (tertiary/aromatic N) is 2. The van der Waals surface area contributed by atoms with Crippen LogP contribution in [-0.2, 0) is 15.8 Å². The van der Waals surface area contributed by atoms with Crippen molar-refractivity contribution in [2.75, 3.05) is 0 Å². The lowest BCUT2D eigenvalue weighted by molar-refractivity contribution is -0.118. The molecule has 1 heterocycles. The standard InChI is InChI=1S/C8H12N3O4P/c1-5(12)6(9)4-7-10-3-2-8(11-7)16(13,14)15/h2-3,6H,4,9H2,1H3,(H2,13,14,15)/t6-/m0/s1. The van der Waals surface area contributed by atoms with Crippen molar-refractivity contribution in [2.24, 2.45) is 5.73 Å². The van der Waals surface area contributed by atoms with E-state index >= 15 is 0 Å². The highest BCUT2D eigenvalue weighted by Crippen LogP contribution is 2.31. The zero-order valence-corrected chi connectivity index (χ0v) is 9.46.